The molecule has 1 aromatic carbocycles. The van der Waals surface area contributed by atoms with Crippen LogP contribution in [0, 0.1) is 0 Å². The lowest BCUT2D eigenvalue weighted by Gasteiger charge is -2.21. The van der Waals surface area contributed by atoms with Crippen molar-refractivity contribution < 1.29 is 41.7 Å². The number of hydrogen-bond acceptors (Lipinski definition) is 10. The summed E-state index contributed by atoms with van der Waals surface area (Å²) in [6, 6.07) is 5.33. The lowest BCUT2D eigenvalue weighted by molar-refractivity contribution is 0.0596. The van der Waals surface area contributed by atoms with Crippen molar-refractivity contribution in [3.63, 3.8) is 0 Å². The van der Waals surface area contributed by atoms with Crippen LogP contribution < -0.4 is 24.4 Å². The van der Waals surface area contributed by atoms with Gasteiger partial charge in [0, 0.05) is 19.2 Å². The van der Waals surface area contributed by atoms with Crippen molar-refractivity contribution in [1.29, 1.82) is 0 Å². The second-order valence-electron chi connectivity index (χ2n) is 6.17. The van der Waals surface area contributed by atoms with Gasteiger partial charge in [0.05, 0.1) is 39.7 Å². The number of methoxy groups -OCH3 is 4. The van der Waals surface area contributed by atoms with Gasteiger partial charge in [0.25, 0.3) is 10.0 Å². The molecule has 33 heavy (non-hydrogen) atoms. The van der Waals surface area contributed by atoms with Gasteiger partial charge in [-0.3, -0.25) is 10.2 Å². The first-order valence-electron chi connectivity index (χ1n) is 9.04. The summed E-state index contributed by atoms with van der Waals surface area (Å²) in [5.74, 6) is -0.689. The van der Waals surface area contributed by atoms with Crippen LogP contribution in [0.25, 0.3) is 0 Å². The van der Waals surface area contributed by atoms with E-state index in [0.29, 0.717) is 0 Å². The molecule has 0 saturated heterocycles. The zero-order valence-electron chi connectivity index (χ0n) is 18.4. The van der Waals surface area contributed by atoms with Crippen molar-refractivity contribution in [3.05, 3.63) is 35.9 Å². The summed E-state index contributed by atoms with van der Waals surface area (Å²) in [6.07, 6.45) is -0.911. The number of ether oxygens (including phenoxy) is 4. The number of carbonyl (C=O) groups is 3. The van der Waals surface area contributed by atoms with Gasteiger partial charge in [-0.1, -0.05) is 6.07 Å². The van der Waals surface area contributed by atoms with Gasteiger partial charge < -0.3 is 18.9 Å². The summed E-state index contributed by atoms with van der Waals surface area (Å²) >= 11 is 0. The van der Waals surface area contributed by atoms with Crippen LogP contribution in [0.3, 0.4) is 0 Å². The Bertz CT molecular complexity index is 1150. The van der Waals surface area contributed by atoms with Crippen molar-refractivity contribution in [1.82, 2.24) is 9.71 Å². The molecule has 1 aromatic heterocycles. The van der Waals surface area contributed by atoms with Crippen LogP contribution in [0.15, 0.2) is 35.2 Å². The number of benzene rings is 1. The highest BCUT2D eigenvalue weighted by Crippen LogP contribution is 2.29. The molecule has 2 rings (SSSR count). The van der Waals surface area contributed by atoms with Crippen LogP contribution in [0.4, 0.5) is 21.1 Å². The molecule has 1 heterocycles. The van der Waals surface area contributed by atoms with E-state index in [-0.39, 0.29) is 23.1 Å². The number of carbonyl (C=O) groups excluding carboxylic acids is 3. The molecule has 0 fully saturated rings. The number of pyridine rings is 1. The summed E-state index contributed by atoms with van der Waals surface area (Å²) in [6.45, 7) is 0. The fraction of sp³-hybridized carbons (Fsp3) is 0.263. The minimum absolute atomic E-state index is 0.0768. The number of urea groups is 1. The van der Waals surface area contributed by atoms with Gasteiger partial charge in [0.1, 0.15) is 16.5 Å². The van der Waals surface area contributed by atoms with Gasteiger partial charge in [-0.25, -0.2) is 27.5 Å². The van der Waals surface area contributed by atoms with E-state index < -0.39 is 38.6 Å². The van der Waals surface area contributed by atoms with Gasteiger partial charge in [-0.2, -0.15) is 4.98 Å². The van der Waals surface area contributed by atoms with Gasteiger partial charge in [0.15, 0.2) is 0 Å². The molecule has 0 unspecified atom stereocenters. The molecule has 2 aromatic rings. The van der Waals surface area contributed by atoms with Gasteiger partial charge in [0.2, 0.25) is 5.88 Å². The highest BCUT2D eigenvalue weighted by molar-refractivity contribution is 7.90. The Morgan fingerprint density at radius 1 is 1.00 bits per heavy atom. The maximum Gasteiger partial charge on any atom is 0.413 e. The first-order valence-corrected chi connectivity index (χ1v) is 10.5. The van der Waals surface area contributed by atoms with E-state index in [4.69, 9.17) is 9.47 Å². The Morgan fingerprint density at radius 3 is 2.27 bits per heavy atom. The molecule has 0 saturated carbocycles. The summed E-state index contributed by atoms with van der Waals surface area (Å²) in [7, 11) is 1.39. The van der Waals surface area contributed by atoms with Crippen molar-refractivity contribution >= 4 is 39.6 Å². The number of esters is 1. The van der Waals surface area contributed by atoms with E-state index in [9.17, 15) is 22.8 Å². The lowest BCUT2D eigenvalue weighted by Crippen LogP contribution is -2.37. The van der Waals surface area contributed by atoms with Crippen LogP contribution >= 0.6 is 0 Å². The summed E-state index contributed by atoms with van der Waals surface area (Å²) < 4.78 is 47.4. The number of amides is 3. The zero-order chi connectivity index (χ0) is 24.8. The standard InChI is InChI=1S/C19H22N4O9S/c1-23(19(26)32-5)13-8-6-7-12(17(24)31-4)16(13)33(27,28)22-18(25)21-14-9-11(29-2)10-15(20-14)30-3/h6-10H,1-5H3,(H2,20,21,22,25). The molecule has 0 bridgehead atoms. The SMILES string of the molecule is COC(=O)c1cccc(N(C)C(=O)OC)c1S(=O)(=O)NC(=O)Nc1cc(OC)cc(OC)n1. The Balaban J connectivity index is 2.47. The quantitative estimate of drug-likeness (QED) is 0.554. The molecule has 178 valence electrons. The number of sulfonamides is 1. The van der Waals surface area contributed by atoms with E-state index in [1.165, 1.54) is 51.6 Å². The van der Waals surface area contributed by atoms with Crippen LogP contribution in [-0.4, -0.2) is 67.0 Å². The van der Waals surface area contributed by atoms with E-state index in [0.717, 1.165) is 19.1 Å². The van der Waals surface area contributed by atoms with Crippen molar-refractivity contribution in [2.45, 2.75) is 4.90 Å². The van der Waals surface area contributed by atoms with Crippen molar-refractivity contribution in [2.75, 3.05) is 45.7 Å². The molecule has 0 radical (unpaired) electrons. The fourth-order valence-corrected chi connectivity index (χ4v) is 3.98. The molecule has 0 aliphatic carbocycles. The average Bonchev–Trinajstić information content (AvgIpc) is 2.81. The number of aromatic nitrogens is 1. The smallest absolute Gasteiger partial charge is 0.413 e. The fourth-order valence-electron chi connectivity index (χ4n) is 2.66. The van der Waals surface area contributed by atoms with Crippen LogP contribution in [0.5, 0.6) is 11.6 Å². The van der Waals surface area contributed by atoms with Crippen molar-refractivity contribution in [2.24, 2.45) is 0 Å². The van der Waals surface area contributed by atoms with Crippen molar-refractivity contribution in [3.8, 4) is 11.6 Å². The summed E-state index contributed by atoms with van der Waals surface area (Å²) in [4.78, 5) is 40.8. The monoisotopic (exact) mass is 482 g/mol. The number of nitrogens with one attached hydrogen (secondary N) is 2. The molecule has 2 N–H and O–H groups in total. The maximum absolute atomic E-state index is 13.1. The third-order valence-electron chi connectivity index (χ3n) is 4.17. The molecule has 14 heteroatoms. The van der Waals surface area contributed by atoms with Crippen LogP contribution in [0.2, 0.25) is 0 Å². The largest absolute Gasteiger partial charge is 0.496 e. The average molecular weight is 482 g/mol. The molecular weight excluding hydrogens is 460 g/mol. The van der Waals surface area contributed by atoms with Crippen LogP contribution in [-0.2, 0) is 19.5 Å². The second-order valence-corrected chi connectivity index (χ2v) is 7.79. The van der Waals surface area contributed by atoms with Crippen LogP contribution in [0.1, 0.15) is 10.4 Å². The topological polar surface area (TPSA) is 162 Å². The molecule has 0 spiro atoms. The predicted molar refractivity (Wildman–Crippen MR) is 115 cm³/mol. The summed E-state index contributed by atoms with van der Waals surface area (Å²) in [5, 5.41) is 2.24. The molecule has 13 nitrogen and oxygen atoms in total. The zero-order valence-corrected chi connectivity index (χ0v) is 19.2. The van der Waals surface area contributed by atoms with E-state index >= 15 is 0 Å². The Hall–Kier alpha value is -4.07. The summed E-state index contributed by atoms with van der Waals surface area (Å²) in [5.41, 5.74) is -0.640. The van der Waals surface area contributed by atoms with E-state index in [1.54, 1.807) is 4.72 Å². The third-order valence-corrected chi connectivity index (χ3v) is 5.59. The maximum atomic E-state index is 13.1. The number of anilines is 2. The van der Waals surface area contributed by atoms with E-state index in [2.05, 4.69) is 19.8 Å². The molecule has 0 aliphatic heterocycles. The molecule has 0 aliphatic rings. The normalized spacial score (nSPS) is 10.6. The highest BCUT2D eigenvalue weighted by atomic mass is 32.2. The Labute approximate surface area is 189 Å². The number of rotatable bonds is 7. The highest BCUT2D eigenvalue weighted by Gasteiger charge is 2.31. The Kier molecular flexibility index (Phi) is 8.01. The van der Waals surface area contributed by atoms with Gasteiger partial charge in [-0.05, 0) is 12.1 Å². The number of nitrogens with zero attached hydrogens (tertiary/aromatic N) is 2. The minimum atomic E-state index is -4.72. The molecule has 0 atom stereocenters. The third kappa shape index (κ3) is 5.79. The first-order chi connectivity index (χ1) is 15.6. The lowest BCUT2D eigenvalue weighted by atomic mass is 10.2. The van der Waals surface area contributed by atoms with E-state index in [1.807, 2.05) is 0 Å². The van der Waals surface area contributed by atoms with Gasteiger partial charge in [-0.15, -0.1) is 0 Å². The molecule has 3 amide bonds. The molecular formula is C19H22N4O9S. The predicted octanol–water partition coefficient (Wildman–Crippen LogP) is 1.60. The van der Waals surface area contributed by atoms with Gasteiger partial charge >= 0.3 is 18.1 Å². The Morgan fingerprint density at radius 2 is 1.70 bits per heavy atom. The second kappa shape index (κ2) is 10.5. The number of hydrogen-bond donors (Lipinski definition) is 2. The minimum Gasteiger partial charge on any atom is -0.496 e. The first kappa shape index (κ1) is 25.2.